The molecule has 28 heavy (non-hydrogen) atoms. The van der Waals surface area contributed by atoms with Crippen LogP contribution in [0.1, 0.15) is 30.9 Å². The van der Waals surface area contributed by atoms with E-state index in [1.807, 2.05) is 24.3 Å². The van der Waals surface area contributed by atoms with E-state index in [0.29, 0.717) is 24.0 Å². The number of amides is 2. The van der Waals surface area contributed by atoms with Gasteiger partial charge in [-0.25, -0.2) is 0 Å². The van der Waals surface area contributed by atoms with E-state index in [-0.39, 0.29) is 37.0 Å². The summed E-state index contributed by atoms with van der Waals surface area (Å²) in [5.41, 5.74) is 1.88. The number of ether oxygens (including phenoxy) is 2. The zero-order chi connectivity index (χ0) is 19.1. The number of hydrogen-bond donors (Lipinski definition) is 1. The molecule has 6 nitrogen and oxygen atoms in total. The minimum Gasteiger partial charge on any atom is -0.454 e. The summed E-state index contributed by atoms with van der Waals surface area (Å²) >= 11 is 0. The van der Waals surface area contributed by atoms with Crippen LogP contribution in [0.25, 0.3) is 0 Å². The van der Waals surface area contributed by atoms with Crippen molar-refractivity contribution < 1.29 is 19.1 Å². The average molecular weight is 378 g/mol. The molecular formula is C22H22N2O4. The summed E-state index contributed by atoms with van der Waals surface area (Å²) in [6.45, 7) is 0.580. The first-order valence-electron chi connectivity index (χ1n) is 9.74. The lowest BCUT2D eigenvalue weighted by Gasteiger charge is -2.21. The van der Waals surface area contributed by atoms with Gasteiger partial charge in [-0.1, -0.05) is 30.3 Å². The number of fused-ring (bicyclic) bond motifs is 1. The van der Waals surface area contributed by atoms with E-state index < -0.39 is 0 Å². The Bertz CT molecular complexity index is 910. The number of hydrogen-bond acceptors (Lipinski definition) is 4. The number of carbonyl (C=O) groups is 2. The fraction of sp³-hybridized carbons (Fsp3) is 0.364. The molecule has 6 heteroatoms. The molecule has 5 rings (SSSR count). The number of benzene rings is 2. The number of rotatable bonds is 5. The standard InChI is InChI=1S/C22H22N2O4/c25-20-10-16(12-24(20)17-8-9-18-19(11-17)28-13-27-18)22(26)23-21(15-6-7-15)14-4-2-1-3-5-14/h1-5,8-9,11,15-16,21H,6-7,10,12-13H2,(H,23,26). The number of anilines is 1. The van der Waals surface area contributed by atoms with Crippen LogP contribution in [0, 0.1) is 11.8 Å². The molecule has 2 aliphatic heterocycles. The van der Waals surface area contributed by atoms with Crippen molar-refractivity contribution in [1.29, 1.82) is 0 Å². The molecule has 144 valence electrons. The van der Waals surface area contributed by atoms with Crippen molar-refractivity contribution in [1.82, 2.24) is 5.32 Å². The summed E-state index contributed by atoms with van der Waals surface area (Å²) in [6.07, 6.45) is 2.49. The topological polar surface area (TPSA) is 67.9 Å². The zero-order valence-corrected chi connectivity index (χ0v) is 15.5. The molecule has 1 N–H and O–H groups in total. The van der Waals surface area contributed by atoms with Crippen LogP contribution in [0.4, 0.5) is 5.69 Å². The Hall–Kier alpha value is -3.02. The van der Waals surface area contributed by atoms with Gasteiger partial charge in [0.05, 0.1) is 12.0 Å². The second-order valence-corrected chi connectivity index (χ2v) is 7.68. The van der Waals surface area contributed by atoms with Crippen LogP contribution < -0.4 is 19.7 Å². The third kappa shape index (κ3) is 3.19. The molecule has 0 radical (unpaired) electrons. The van der Waals surface area contributed by atoms with E-state index in [4.69, 9.17) is 9.47 Å². The van der Waals surface area contributed by atoms with Gasteiger partial charge in [0.25, 0.3) is 0 Å². The third-order valence-electron chi connectivity index (χ3n) is 5.71. The smallest absolute Gasteiger partial charge is 0.231 e. The van der Waals surface area contributed by atoms with Gasteiger partial charge in [-0.3, -0.25) is 9.59 Å². The highest BCUT2D eigenvalue weighted by molar-refractivity contribution is 6.00. The van der Waals surface area contributed by atoms with Crippen molar-refractivity contribution in [3.05, 3.63) is 54.1 Å². The second-order valence-electron chi connectivity index (χ2n) is 7.68. The Labute approximate surface area is 163 Å². The normalized spacial score (nSPS) is 21.6. The van der Waals surface area contributed by atoms with Gasteiger partial charge in [0.2, 0.25) is 18.6 Å². The predicted molar refractivity (Wildman–Crippen MR) is 103 cm³/mol. The maximum Gasteiger partial charge on any atom is 0.231 e. The Morgan fingerprint density at radius 3 is 2.64 bits per heavy atom. The molecule has 2 aromatic carbocycles. The van der Waals surface area contributed by atoms with Crippen LogP contribution in [0.2, 0.25) is 0 Å². The molecule has 1 saturated carbocycles. The second kappa shape index (κ2) is 6.86. The lowest BCUT2D eigenvalue weighted by atomic mass is 10.0. The Kier molecular flexibility index (Phi) is 4.19. The molecule has 3 aliphatic rings. The van der Waals surface area contributed by atoms with Crippen LogP contribution in [0.15, 0.2) is 48.5 Å². The first-order valence-corrected chi connectivity index (χ1v) is 9.74. The third-order valence-corrected chi connectivity index (χ3v) is 5.71. The van der Waals surface area contributed by atoms with Gasteiger partial charge < -0.3 is 19.7 Å². The van der Waals surface area contributed by atoms with Crippen molar-refractivity contribution in [2.75, 3.05) is 18.2 Å². The molecule has 2 atom stereocenters. The minimum absolute atomic E-state index is 0.0309. The monoisotopic (exact) mass is 378 g/mol. The van der Waals surface area contributed by atoms with Gasteiger partial charge in [-0.05, 0) is 36.5 Å². The van der Waals surface area contributed by atoms with E-state index >= 15 is 0 Å². The van der Waals surface area contributed by atoms with Crippen molar-refractivity contribution in [3.8, 4) is 11.5 Å². The summed E-state index contributed by atoms with van der Waals surface area (Å²) in [7, 11) is 0. The average Bonchev–Trinajstić information content (AvgIpc) is 3.32. The van der Waals surface area contributed by atoms with Gasteiger partial charge in [-0.2, -0.15) is 0 Å². The summed E-state index contributed by atoms with van der Waals surface area (Å²) in [6, 6.07) is 15.6. The fourth-order valence-corrected chi connectivity index (χ4v) is 4.02. The van der Waals surface area contributed by atoms with Crippen molar-refractivity contribution >= 4 is 17.5 Å². The van der Waals surface area contributed by atoms with E-state index in [1.165, 1.54) is 0 Å². The lowest BCUT2D eigenvalue weighted by molar-refractivity contribution is -0.127. The summed E-state index contributed by atoms with van der Waals surface area (Å²) in [5.74, 6) is 1.38. The SMILES string of the molecule is O=C(NC(c1ccccc1)C1CC1)C1CC(=O)N(c2ccc3c(c2)OCO3)C1. The Balaban J connectivity index is 1.29. The molecule has 1 saturated heterocycles. The van der Waals surface area contributed by atoms with E-state index in [9.17, 15) is 9.59 Å². The summed E-state index contributed by atoms with van der Waals surface area (Å²) in [4.78, 5) is 27.2. The van der Waals surface area contributed by atoms with Crippen LogP contribution in [-0.2, 0) is 9.59 Å². The molecule has 2 unspecified atom stereocenters. The Morgan fingerprint density at radius 2 is 1.86 bits per heavy atom. The molecule has 0 spiro atoms. The first kappa shape index (κ1) is 17.1. The highest BCUT2D eigenvalue weighted by Crippen LogP contribution is 2.41. The quantitative estimate of drug-likeness (QED) is 0.868. The van der Waals surface area contributed by atoms with Crippen LogP contribution in [0.3, 0.4) is 0 Å². The number of carbonyl (C=O) groups excluding carboxylic acids is 2. The highest BCUT2D eigenvalue weighted by Gasteiger charge is 2.39. The Morgan fingerprint density at radius 1 is 1.07 bits per heavy atom. The fourth-order valence-electron chi connectivity index (χ4n) is 4.02. The predicted octanol–water partition coefficient (Wildman–Crippen LogP) is 3.04. The van der Waals surface area contributed by atoms with Crippen LogP contribution in [-0.4, -0.2) is 25.2 Å². The van der Waals surface area contributed by atoms with E-state index in [0.717, 1.165) is 24.1 Å². The maximum absolute atomic E-state index is 12.9. The first-order chi connectivity index (χ1) is 13.7. The largest absolute Gasteiger partial charge is 0.454 e. The van der Waals surface area contributed by atoms with Gasteiger partial charge in [0.15, 0.2) is 11.5 Å². The number of nitrogens with one attached hydrogen (secondary N) is 1. The van der Waals surface area contributed by atoms with E-state index in [1.54, 1.807) is 17.0 Å². The van der Waals surface area contributed by atoms with Crippen molar-refractivity contribution in [2.24, 2.45) is 11.8 Å². The van der Waals surface area contributed by atoms with Crippen molar-refractivity contribution in [3.63, 3.8) is 0 Å². The molecule has 2 aromatic rings. The molecule has 2 fully saturated rings. The van der Waals surface area contributed by atoms with Crippen LogP contribution >= 0.6 is 0 Å². The highest BCUT2D eigenvalue weighted by atomic mass is 16.7. The lowest BCUT2D eigenvalue weighted by Crippen LogP contribution is -2.36. The van der Waals surface area contributed by atoms with Gasteiger partial charge in [-0.15, -0.1) is 0 Å². The minimum atomic E-state index is -0.345. The van der Waals surface area contributed by atoms with Gasteiger partial charge >= 0.3 is 0 Å². The molecule has 0 bridgehead atoms. The van der Waals surface area contributed by atoms with Gasteiger partial charge in [0, 0.05) is 24.7 Å². The maximum atomic E-state index is 12.9. The molecule has 0 aromatic heterocycles. The summed E-state index contributed by atoms with van der Waals surface area (Å²) in [5, 5.41) is 3.21. The summed E-state index contributed by atoms with van der Waals surface area (Å²) < 4.78 is 10.7. The van der Waals surface area contributed by atoms with Crippen LogP contribution in [0.5, 0.6) is 11.5 Å². The molecule has 1 aliphatic carbocycles. The van der Waals surface area contributed by atoms with E-state index in [2.05, 4.69) is 17.4 Å². The van der Waals surface area contributed by atoms with Crippen molar-refractivity contribution in [2.45, 2.75) is 25.3 Å². The number of nitrogens with zero attached hydrogens (tertiary/aromatic N) is 1. The molecule has 2 heterocycles. The van der Waals surface area contributed by atoms with Gasteiger partial charge in [0.1, 0.15) is 0 Å². The zero-order valence-electron chi connectivity index (χ0n) is 15.5. The molecular weight excluding hydrogens is 356 g/mol. The molecule has 2 amide bonds.